The number of hydrogen-bond acceptors (Lipinski definition) is 7. The quantitative estimate of drug-likeness (QED) is 0.352. The van der Waals surface area contributed by atoms with Crippen LogP contribution >= 0.6 is 0 Å². The van der Waals surface area contributed by atoms with Gasteiger partial charge in [-0.25, -0.2) is 37.3 Å². The van der Waals surface area contributed by atoms with E-state index in [1.807, 2.05) is 19.1 Å². The maximum atomic E-state index is 15.3. The van der Waals surface area contributed by atoms with Gasteiger partial charge in [-0.2, -0.15) is 0 Å². The van der Waals surface area contributed by atoms with Crippen LogP contribution in [0.4, 0.5) is 8.78 Å². The number of nitrogens with zero attached hydrogens (tertiary/aromatic N) is 3. The first-order chi connectivity index (χ1) is 18.2. The van der Waals surface area contributed by atoms with Crippen molar-refractivity contribution in [3.05, 3.63) is 60.2 Å². The molecule has 0 radical (unpaired) electrons. The van der Waals surface area contributed by atoms with Gasteiger partial charge >= 0.3 is 0 Å². The van der Waals surface area contributed by atoms with E-state index < -0.39 is 32.1 Å². The Morgan fingerprint density at radius 1 is 1.00 bits per heavy atom. The largest absolute Gasteiger partial charge is 0.488 e. The van der Waals surface area contributed by atoms with Gasteiger partial charge in [-0.1, -0.05) is 6.42 Å². The molecule has 2 N–H and O–H groups in total. The highest BCUT2D eigenvalue weighted by atomic mass is 32.2. The van der Waals surface area contributed by atoms with Gasteiger partial charge in [-0.3, -0.25) is 0 Å². The molecule has 11 heteroatoms. The van der Waals surface area contributed by atoms with E-state index in [1.165, 1.54) is 32.1 Å². The minimum atomic E-state index is -4.44. The molecule has 0 aliphatic heterocycles. The molecule has 38 heavy (non-hydrogen) atoms. The number of aryl methyl sites for hydroxylation is 1. The average Bonchev–Trinajstić information content (AvgIpc) is 2.89. The zero-order valence-corrected chi connectivity index (χ0v) is 21.7. The SMILES string of the molecule is COc1ncc(-c2cc(OC3CCCCC3)c3ncnc(C)c3c2)cc1-c1c(F)ccc(S(N)(=O)=O)c1F. The van der Waals surface area contributed by atoms with E-state index in [0.29, 0.717) is 22.4 Å². The second-order valence-corrected chi connectivity index (χ2v) is 10.8. The first-order valence-electron chi connectivity index (χ1n) is 12.1. The summed E-state index contributed by atoms with van der Waals surface area (Å²) in [5, 5.41) is 5.91. The Labute approximate surface area is 218 Å². The van der Waals surface area contributed by atoms with Gasteiger partial charge in [0.15, 0.2) is 5.82 Å². The van der Waals surface area contributed by atoms with Crippen molar-refractivity contribution in [2.24, 2.45) is 5.14 Å². The number of pyridine rings is 1. The summed E-state index contributed by atoms with van der Waals surface area (Å²) >= 11 is 0. The van der Waals surface area contributed by atoms with E-state index in [4.69, 9.17) is 14.6 Å². The summed E-state index contributed by atoms with van der Waals surface area (Å²) < 4.78 is 65.7. The van der Waals surface area contributed by atoms with Crippen molar-refractivity contribution >= 4 is 20.9 Å². The summed E-state index contributed by atoms with van der Waals surface area (Å²) in [5.74, 6) is -1.82. The minimum Gasteiger partial charge on any atom is -0.488 e. The molecule has 1 aliphatic rings. The highest BCUT2D eigenvalue weighted by Gasteiger charge is 2.25. The van der Waals surface area contributed by atoms with E-state index in [-0.39, 0.29) is 17.5 Å². The van der Waals surface area contributed by atoms with E-state index in [0.717, 1.165) is 48.9 Å². The lowest BCUT2D eigenvalue weighted by atomic mass is 9.97. The van der Waals surface area contributed by atoms with Crippen molar-refractivity contribution in [3.63, 3.8) is 0 Å². The van der Waals surface area contributed by atoms with Gasteiger partial charge in [0, 0.05) is 22.8 Å². The summed E-state index contributed by atoms with van der Waals surface area (Å²) in [5.41, 5.74) is 1.89. The molecular weight excluding hydrogens is 514 g/mol. The first-order valence-corrected chi connectivity index (χ1v) is 13.7. The Bertz CT molecular complexity index is 1640. The van der Waals surface area contributed by atoms with Gasteiger partial charge in [-0.15, -0.1) is 0 Å². The predicted molar refractivity (Wildman–Crippen MR) is 138 cm³/mol. The lowest BCUT2D eigenvalue weighted by molar-refractivity contribution is 0.157. The Kier molecular flexibility index (Phi) is 6.97. The Hall–Kier alpha value is -3.70. The van der Waals surface area contributed by atoms with Gasteiger partial charge in [0.25, 0.3) is 0 Å². The number of sulfonamides is 1. The van der Waals surface area contributed by atoms with Crippen LogP contribution in [0.15, 0.2) is 47.8 Å². The normalized spacial score (nSPS) is 14.6. The highest BCUT2D eigenvalue weighted by Crippen LogP contribution is 2.39. The second kappa shape index (κ2) is 10.2. The highest BCUT2D eigenvalue weighted by molar-refractivity contribution is 7.89. The Balaban J connectivity index is 1.69. The van der Waals surface area contributed by atoms with Crippen molar-refractivity contribution in [2.75, 3.05) is 7.11 Å². The fraction of sp³-hybridized carbons (Fsp3) is 0.296. The summed E-state index contributed by atoms with van der Waals surface area (Å²) in [6, 6.07) is 6.81. The molecule has 8 nitrogen and oxygen atoms in total. The lowest BCUT2D eigenvalue weighted by Crippen LogP contribution is -2.19. The molecule has 198 valence electrons. The van der Waals surface area contributed by atoms with Crippen LogP contribution in [0.2, 0.25) is 0 Å². The van der Waals surface area contributed by atoms with Crippen molar-refractivity contribution in [1.29, 1.82) is 0 Å². The molecule has 1 aliphatic carbocycles. The number of rotatable bonds is 6. The predicted octanol–water partition coefficient (Wildman–Crippen LogP) is 5.31. The number of benzene rings is 2. The van der Waals surface area contributed by atoms with Crippen molar-refractivity contribution in [1.82, 2.24) is 15.0 Å². The molecule has 1 fully saturated rings. The second-order valence-electron chi connectivity index (χ2n) is 9.27. The fourth-order valence-electron chi connectivity index (χ4n) is 4.83. The number of fused-ring (bicyclic) bond motifs is 1. The number of nitrogens with two attached hydrogens (primary N) is 1. The third-order valence-electron chi connectivity index (χ3n) is 6.76. The van der Waals surface area contributed by atoms with Gasteiger partial charge < -0.3 is 9.47 Å². The molecule has 0 bridgehead atoms. The van der Waals surface area contributed by atoms with Crippen LogP contribution in [0.3, 0.4) is 0 Å². The van der Waals surface area contributed by atoms with Crippen molar-refractivity contribution < 1.29 is 26.7 Å². The third kappa shape index (κ3) is 4.91. The summed E-state index contributed by atoms with van der Waals surface area (Å²) in [7, 11) is -3.14. The molecule has 0 spiro atoms. The zero-order valence-electron chi connectivity index (χ0n) is 20.9. The van der Waals surface area contributed by atoms with Crippen LogP contribution in [0, 0.1) is 18.6 Å². The molecule has 2 heterocycles. The monoisotopic (exact) mass is 540 g/mol. The summed E-state index contributed by atoms with van der Waals surface area (Å²) in [6.07, 6.45) is 8.32. The maximum absolute atomic E-state index is 15.3. The molecule has 5 rings (SSSR count). The standard InChI is InChI=1S/C27H26F2N4O4S/c1-15-19-10-16(12-22(26(19)33-14-32-15)37-18-6-4-3-5-7-18)17-11-20(27(36-2)31-13-17)24-21(28)8-9-23(25(24)29)38(30,34)35/h8-14,18H,3-7H2,1-2H3,(H2,30,34,35). The molecule has 0 amide bonds. The molecule has 4 aromatic rings. The number of methoxy groups -OCH3 is 1. The smallest absolute Gasteiger partial charge is 0.240 e. The molecule has 2 aromatic heterocycles. The number of hydrogen-bond donors (Lipinski definition) is 1. The fourth-order valence-corrected chi connectivity index (χ4v) is 5.44. The third-order valence-corrected chi connectivity index (χ3v) is 7.69. The van der Waals surface area contributed by atoms with Crippen LogP contribution in [0.5, 0.6) is 11.6 Å². The maximum Gasteiger partial charge on any atom is 0.240 e. The molecular formula is C27H26F2N4O4S. The summed E-state index contributed by atoms with van der Waals surface area (Å²) in [4.78, 5) is 12.2. The Morgan fingerprint density at radius 2 is 1.76 bits per heavy atom. The number of aromatic nitrogens is 3. The van der Waals surface area contributed by atoms with Crippen LogP contribution < -0.4 is 14.6 Å². The lowest BCUT2D eigenvalue weighted by Gasteiger charge is -2.24. The number of halogens is 2. The number of ether oxygens (including phenoxy) is 2. The molecule has 2 aromatic carbocycles. The van der Waals surface area contributed by atoms with Gasteiger partial charge in [0.05, 0.1) is 24.3 Å². The van der Waals surface area contributed by atoms with Gasteiger partial charge in [0.2, 0.25) is 15.9 Å². The van der Waals surface area contributed by atoms with Crippen molar-refractivity contribution in [2.45, 2.75) is 50.0 Å². The zero-order chi connectivity index (χ0) is 27.0. The van der Waals surface area contributed by atoms with Gasteiger partial charge in [0.1, 0.15) is 28.3 Å². The molecule has 1 saturated carbocycles. The molecule has 0 unspecified atom stereocenters. The summed E-state index contributed by atoms with van der Waals surface area (Å²) in [6.45, 7) is 1.86. The minimum absolute atomic E-state index is 0.0613. The topological polar surface area (TPSA) is 117 Å². The van der Waals surface area contributed by atoms with E-state index in [2.05, 4.69) is 15.0 Å². The molecule has 0 saturated heterocycles. The van der Waals surface area contributed by atoms with Crippen molar-refractivity contribution in [3.8, 4) is 33.9 Å². The van der Waals surface area contributed by atoms with Crippen LogP contribution in [-0.2, 0) is 10.0 Å². The average molecular weight is 541 g/mol. The van der Waals surface area contributed by atoms with Crippen LogP contribution in [-0.4, -0.2) is 36.6 Å². The van der Waals surface area contributed by atoms with E-state index in [1.54, 1.807) is 0 Å². The van der Waals surface area contributed by atoms with E-state index in [9.17, 15) is 12.8 Å². The number of primary sulfonamides is 1. The first kappa shape index (κ1) is 25.9. The van der Waals surface area contributed by atoms with Gasteiger partial charge in [-0.05, 0) is 68.5 Å². The van der Waals surface area contributed by atoms with Crippen LogP contribution in [0.1, 0.15) is 37.8 Å². The van der Waals surface area contributed by atoms with Crippen LogP contribution in [0.25, 0.3) is 33.2 Å². The molecule has 0 atom stereocenters. The Morgan fingerprint density at radius 3 is 2.47 bits per heavy atom. The van der Waals surface area contributed by atoms with E-state index >= 15 is 4.39 Å².